The predicted molar refractivity (Wildman–Crippen MR) is 68.8 cm³/mol. The van der Waals surface area contributed by atoms with Crippen molar-refractivity contribution in [3.8, 4) is 0 Å². The second-order valence-corrected chi connectivity index (χ2v) is 4.63. The highest BCUT2D eigenvalue weighted by atomic mass is 16.2. The fourth-order valence-corrected chi connectivity index (χ4v) is 2.43. The second kappa shape index (κ2) is 4.33. The number of benzene rings is 1. The van der Waals surface area contributed by atoms with Gasteiger partial charge in [0.05, 0.1) is 0 Å². The molecule has 0 saturated carbocycles. The molecule has 18 heavy (non-hydrogen) atoms. The molecule has 1 saturated heterocycles. The molecule has 2 N–H and O–H groups in total. The Labute approximate surface area is 105 Å². The van der Waals surface area contributed by atoms with Gasteiger partial charge in [0.2, 0.25) is 5.91 Å². The number of hydrogen-bond acceptors (Lipinski definition) is 3. The number of rotatable bonds is 1. The molecule has 2 heterocycles. The molecule has 0 spiro atoms. The van der Waals surface area contributed by atoms with Crippen molar-refractivity contribution in [2.24, 2.45) is 0 Å². The smallest absolute Gasteiger partial charge is 0.328 e. The van der Waals surface area contributed by atoms with Gasteiger partial charge in [-0.25, -0.2) is 4.79 Å². The number of carbonyl (C=O) groups is 2. The Kier molecular flexibility index (Phi) is 2.66. The van der Waals surface area contributed by atoms with E-state index in [1.54, 1.807) is 4.90 Å². The molecule has 0 unspecified atom stereocenters. The molecule has 3 amide bonds. The van der Waals surface area contributed by atoms with E-state index in [0.717, 1.165) is 30.8 Å². The fraction of sp³-hybridized carbons (Fsp3) is 0.385. The zero-order chi connectivity index (χ0) is 12.5. The fourth-order valence-electron chi connectivity index (χ4n) is 2.43. The summed E-state index contributed by atoms with van der Waals surface area (Å²) in [5.74, 6) is -0.202. The summed E-state index contributed by atoms with van der Waals surface area (Å²) in [6, 6.07) is 5.66. The number of carbonyl (C=O) groups excluding carboxylic acids is 2. The van der Waals surface area contributed by atoms with Gasteiger partial charge in [-0.3, -0.25) is 15.0 Å². The van der Waals surface area contributed by atoms with Crippen molar-refractivity contribution >= 4 is 23.3 Å². The average Bonchev–Trinajstić information content (AvgIpc) is 2.38. The van der Waals surface area contributed by atoms with Crippen LogP contribution in [-0.2, 0) is 11.2 Å². The lowest BCUT2D eigenvalue weighted by Gasteiger charge is -2.28. The summed E-state index contributed by atoms with van der Waals surface area (Å²) in [5, 5.41) is 5.68. The third-order valence-corrected chi connectivity index (χ3v) is 3.40. The van der Waals surface area contributed by atoms with Crippen LogP contribution in [0.3, 0.4) is 0 Å². The Morgan fingerprint density at radius 1 is 1.17 bits per heavy atom. The highest BCUT2D eigenvalue weighted by molar-refractivity contribution is 6.05. The molecular weight excluding hydrogens is 230 g/mol. The maximum Gasteiger partial charge on any atom is 0.328 e. The molecule has 2 aliphatic rings. The molecule has 0 atom stereocenters. The number of aryl methyl sites for hydroxylation is 1. The summed E-state index contributed by atoms with van der Waals surface area (Å²) in [7, 11) is 0. The van der Waals surface area contributed by atoms with Gasteiger partial charge in [0.15, 0.2) is 0 Å². The second-order valence-electron chi connectivity index (χ2n) is 4.63. The number of imide groups is 1. The number of nitrogens with zero attached hydrogens (tertiary/aromatic N) is 1. The molecule has 0 bridgehead atoms. The maximum atomic E-state index is 11.7. The topological polar surface area (TPSA) is 61.4 Å². The van der Waals surface area contributed by atoms with E-state index in [4.69, 9.17) is 0 Å². The summed E-state index contributed by atoms with van der Waals surface area (Å²) < 4.78 is 0. The van der Waals surface area contributed by atoms with Crippen LogP contribution in [0.15, 0.2) is 18.2 Å². The lowest BCUT2D eigenvalue weighted by atomic mass is 10.0. The zero-order valence-electron chi connectivity index (χ0n) is 10.0. The van der Waals surface area contributed by atoms with E-state index in [1.807, 2.05) is 12.1 Å². The SMILES string of the molecule is O=C1CCN(c2ccc3c(c2)NCCC3)C(=O)N1. The van der Waals surface area contributed by atoms with E-state index in [0.29, 0.717) is 13.0 Å². The van der Waals surface area contributed by atoms with Crippen LogP contribution in [0, 0.1) is 0 Å². The van der Waals surface area contributed by atoms with Gasteiger partial charge in [-0.15, -0.1) is 0 Å². The number of hydrogen-bond donors (Lipinski definition) is 2. The molecule has 1 fully saturated rings. The van der Waals surface area contributed by atoms with Gasteiger partial charge in [-0.1, -0.05) is 6.07 Å². The Morgan fingerprint density at radius 2 is 2.06 bits per heavy atom. The predicted octanol–water partition coefficient (Wildman–Crippen LogP) is 1.49. The first-order valence-corrected chi connectivity index (χ1v) is 6.22. The highest BCUT2D eigenvalue weighted by Gasteiger charge is 2.24. The van der Waals surface area contributed by atoms with Crippen LogP contribution in [0.1, 0.15) is 18.4 Å². The van der Waals surface area contributed by atoms with Gasteiger partial charge < -0.3 is 5.32 Å². The summed E-state index contributed by atoms with van der Waals surface area (Å²) in [6.07, 6.45) is 2.58. The molecular formula is C13H15N3O2. The average molecular weight is 245 g/mol. The van der Waals surface area contributed by atoms with Gasteiger partial charge in [0.1, 0.15) is 0 Å². The van der Waals surface area contributed by atoms with Crippen molar-refractivity contribution in [2.45, 2.75) is 19.3 Å². The van der Waals surface area contributed by atoms with Crippen molar-refractivity contribution in [1.29, 1.82) is 0 Å². The van der Waals surface area contributed by atoms with Crippen LogP contribution < -0.4 is 15.5 Å². The minimum absolute atomic E-state index is 0.202. The molecule has 94 valence electrons. The van der Waals surface area contributed by atoms with Crippen molar-refractivity contribution < 1.29 is 9.59 Å². The lowest BCUT2D eigenvalue weighted by Crippen LogP contribution is -2.49. The van der Waals surface area contributed by atoms with Gasteiger partial charge >= 0.3 is 6.03 Å². The molecule has 1 aromatic carbocycles. The van der Waals surface area contributed by atoms with E-state index in [1.165, 1.54) is 5.56 Å². The summed E-state index contributed by atoms with van der Waals surface area (Å²) in [6.45, 7) is 1.42. The molecule has 0 radical (unpaired) electrons. The van der Waals surface area contributed by atoms with E-state index in [2.05, 4.69) is 16.7 Å². The van der Waals surface area contributed by atoms with E-state index in [9.17, 15) is 9.59 Å². The van der Waals surface area contributed by atoms with Gasteiger partial charge in [-0.05, 0) is 30.5 Å². The first-order chi connectivity index (χ1) is 8.74. The minimum atomic E-state index is -0.331. The van der Waals surface area contributed by atoms with Crippen molar-refractivity contribution in [3.63, 3.8) is 0 Å². The number of nitrogens with one attached hydrogen (secondary N) is 2. The molecule has 0 aromatic heterocycles. The van der Waals surface area contributed by atoms with Crippen LogP contribution in [0.4, 0.5) is 16.2 Å². The van der Waals surface area contributed by atoms with Crippen LogP contribution in [0.5, 0.6) is 0 Å². The Hall–Kier alpha value is -2.04. The van der Waals surface area contributed by atoms with Crippen molar-refractivity contribution in [2.75, 3.05) is 23.3 Å². The molecule has 0 aliphatic carbocycles. The standard InChI is InChI=1S/C13H15N3O2/c17-12-5-7-16(13(18)15-12)10-4-3-9-2-1-6-14-11(9)8-10/h3-4,8,14H,1-2,5-7H2,(H,15,17,18). The highest BCUT2D eigenvalue weighted by Crippen LogP contribution is 2.28. The van der Waals surface area contributed by atoms with Crippen LogP contribution in [0.25, 0.3) is 0 Å². The number of anilines is 2. The van der Waals surface area contributed by atoms with Crippen molar-refractivity contribution in [1.82, 2.24) is 5.32 Å². The van der Waals surface area contributed by atoms with Crippen LogP contribution >= 0.6 is 0 Å². The van der Waals surface area contributed by atoms with Gasteiger partial charge in [0, 0.05) is 30.9 Å². The molecule has 5 nitrogen and oxygen atoms in total. The monoisotopic (exact) mass is 245 g/mol. The number of urea groups is 1. The van der Waals surface area contributed by atoms with E-state index < -0.39 is 0 Å². The first-order valence-electron chi connectivity index (χ1n) is 6.22. The van der Waals surface area contributed by atoms with Gasteiger partial charge in [-0.2, -0.15) is 0 Å². The largest absolute Gasteiger partial charge is 0.385 e. The Bertz CT molecular complexity index is 513. The number of fused-ring (bicyclic) bond motifs is 1. The summed E-state index contributed by atoms with van der Waals surface area (Å²) in [5.41, 5.74) is 3.23. The lowest BCUT2D eigenvalue weighted by molar-refractivity contribution is -0.120. The zero-order valence-corrected chi connectivity index (χ0v) is 10.0. The maximum absolute atomic E-state index is 11.7. The third kappa shape index (κ3) is 1.92. The summed E-state index contributed by atoms with van der Waals surface area (Å²) in [4.78, 5) is 24.5. The first kappa shape index (κ1) is 11.1. The normalized spacial score (nSPS) is 19.0. The minimum Gasteiger partial charge on any atom is -0.385 e. The molecule has 2 aliphatic heterocycles. The van der Waals surface area contributed by atoms with E-state index >= 15 is 0 Å². The van der Waals surface area contributed by atoms with Crippen molar-refractivity contribution in [3.05, 3.63) is 23.8 Å². The third-order valence-electron chi connectivity index (χ3n) is 3.40. The van der Waals surface area contributed by atoms with Crippen LogP contribution in [-0.4, -0.2) is 25.0 Å². The number of amides is 3. The molecule has 3 rings (SSSR count). The van der Waals surface area contributed by atoms with E-state index in [-0.39, 0.29) is 11.9 Å². The Balaban J connectivity index is 1.88. The quantitative estimate of drug-likeness (QED) is 0.788. The summed E-state index contributed by atoms with van der Waals surface area (Å²) >= 11 is 0. The van der Waals surface area contributed by atoms with Gasteiger partial charge in [0.25, 0.3) is 0 Å². The molecule has 1 aromatic rings. The van der Waals surface area contributed by atoms with Crippen LogP contribution in [0.2, 0.25) is 0 Å². The Morgan fingerprint density at radius 3 is 2.89 bits per heavy atom. The molecule has 5 heteroatoms.